The largest absolute Gasteiger partial charge is 0.311 e. The van der Waals surface area contributed by atoms with Crippen molar-refractivity contribution in [3.63, 3.8) is 0 Å². The molecule has 6 nitrogen and oxygen atoms in total. The molecule has 0 radical (unpaired) electrons. The first kappa shape index (κ1) is 13.2. The molecule has 3 atom stereocenters. The molecule has 3 unspecified atom stereocenters. The predicted molar refractivity (Wildman–Crippen MR) is 63.4 cm³/mol. The first-order chi connectivity index (χ1) is 7.56. The minimum atomic E-state index is -0.788. The van der Waals surface area contributed by atoms with Crippen molar-refractivity contribution in [3.8, 4) is 0 Å². The van der Waals surface area contributed by atoms with Crippen molar-refractivity contribution in [2.75, 3.05) is 13.3 Å². The van der Waals surface area contributed by atoms with E-state index in [0.29, 0.717) is 6.54 Å². The van der Waals surface area contributed by atoms with Crippen LogP contribution in [0.5, 0.6) is 0 Å². The quantitative estimate of drug-likeness (QED) is 0.770. The lowest BCUT2D eigenvalue weighted by molar-refractivity contribution is 0.494. The summed E-state index contributed by atoms with van der Waals surface area (Å²) >= 11 is 0. The molecule has 7 heteroatoms. The Morgan fingerprint density at radius 2 is 2.19 bits per heavy atom. The number of rotatable bonds is 6. The van der Waals surface area contributed by atoms with E-state index in [9.17, 15) is 4.21 Å². The van der Waals surface area contributed by atoms with Gasteiger partial charge in [0.1, 0.15) is 0 Å². The van der Waals surface area contributed by atoms with Gasteiger partial charge in [0.15, 0.2) is 5.82 Å². The zero-order valence-electron chi connectivity index (χ0n) is 10.2. The van der Waals surface area contributed by atoms with Crippen LogP contribution >= 0.6 is 0 Å². The highest BCUT2D eigenvalue weighted by atomic mass is 32.2. The van der Waals surface area contributed by atoms with Gasteiger partial charge in [0.25, 0.3) is 0 Å². The van der Waals surface area contributed by atoms with Crippen molar-refractivity contribution in [3.05, 3.63) is 5.82 Å². The normalized spacial score (nSPS) is 17.0. The molecular formula is C9H19N5OS. The molecule has 0 bridgehead atoms. The van der Waals surface area contributed by atoms with Crippen molar-refractivity contribution in [2.45, 2.75) is 38.1 Å². The standard InChI is InChI=1S/C9H19N5OS/c1-7(16(4)15)5-6-14-9(8(2)10-3)11-12-13-14/h7-8,10H,5-6H2,1-4H3. The smallest absolute Gasteiger partial charge is 0.167 e. The minimum absolute atomic E-state index is 0.123. The zero-order chi connectivity index (χ0) is 12.1. The van der Waals surface area contributed by atoms with Crippen LogP contribution in [0.15, 0.2) is 0 Å². The van der Waals surface area contributed by atoms with Gasteiger partial charge in [-0.25, -0.2) is 4.68 Å². The molecule has 0 aliphatic carbocycles. The second-order valence-electron chi connectivity index (χ2n) is 3.87. The molecule has 92 valence electrons. The predicted octanol–water partition coefficient (Wildman–Crippen LogP) is 0.111. The van der Waals surface area contributed by atoms with Gasteiger partial charge in [-0.2, -0.15) is 0 Å². The molecule has 16 heavy (non-hydrogen) atoms. The fourth-order valence-corrected chi connectivity index (χ4v) is 1.72. The fourth-order valence-electron chi connectivity index (χ4n) is 1.28. The fraction of sp³-hybridized carbons (Fsp3) is 0.889. The third-order valence-electron chi connectivity index (χ3n) is 2.69. The average Bonchev–Trinajstić information content (AvgIpc) is 2.72. The van der Waals surface area contributed by atoms with Gasteiger partial charge in [-0.1, -0.05) is 6.92 Å². The lowest BCUT2D eigenvalue weighted by Gasteiger charge is -2.12. The van der Waals surface area contributed by atoms with Crippen LogP contribution < -0.4 is 5.32 Å². The van der Waals surface area contributed by atoms with Crippen molar-refractivity contribution < 1.29 is 4.21 Å². The van der Waals surface area contributed by atoms with Gasteiger partial charge in [0.05, 0.1) is 6.04 Å². The average molecular weight is 245 g/mol. The first-order valence-electron chi connectivity index (χ1n) is 5.31. The molecule has 1 aromatic rings. The number of aryl methyl sites for hydroxylation is 1. The van der Waals surface area contributed by atoms with Crippen LogP contribution in [-0.4, -0.2) is 43.0 Å². The van der Waals surface area contributed by atoms with E-state index in [0.717, 1.165) is 12.2 Å². The number of nitrogens with zero attached hydrogens (tertiary/aromatic N) is 4. The van der Waals surface area contributed by atoms with Gasteiger partial charge in [-0.3, -0.25) is 4.21 Å². The Hall–Kier alpha value is -0.820. The summed E-state index contributed by atoms with van der Waals surface area (Å²) in [5.74, 6) is 0.816. The monoisotopic (exact) mass is 245 g/mol. The Balaban J connectivity index is 2.60. The summed E-state index contributed by atoms with van der Waals surface area (Å²) in [4.78, 5) is 0. The summed E-state index contributed by atoms with van der Waals surface area (Å²) in [6, 6.07) is 0.123. The highest BCUT2D eigenvalue weighted by molar-refractivity contribution is 7.84. The second-order valence-corrected chi connectivity index (χ2v) is 5.67. The Labute approximate surface area is 98.3 Å². The summed E-state index contributed by atoms with van der Waals surface area (Å²) in [5, 5.41) is 14.8. The van der Waals surface area contributed by atoms with Crippen molar-refractivity contribution in [1.82, 2.24) is 25.5 Å². The highest BCUT2D eigenvalue weighted by Crippen LogP contribution is 2.08. The molecule has 0 spiro atoms. The number of aromatic nitrogens is 4. The Bertz CT molecular complexity index is 353. The summed E-state index contributed by atoms with van der Waals surface area (Å²) in [6.07, 6.45) is 2.54. The summed E-state index contributed by atoms with van der Waals surface area (Å²) in [5.41, 5.74) is 0. The molecule has 0 aliphatic heterocycles. The number of nitrogens with one attached hydrogen (secondary N) is 1. The van der Waals surface area contributed by atoms with E-state index in [4.69, 9.17) is 0 Å². The molecule has 0 saturated carbocycles. The highest BCUT2D eigenvalue weighted by Gasteiger charge is 2.14. The van der Waals surface area contributed by atoms with E-state index in [1.807, 2.05) is 20.9 Å². The number of hydrogen-bond donors (Lipinski definition) is 1. The maximum Gasteiger partial charge on any atom is 0.167 e. The molecule has 0 saturated heterocycles. The van der Waals surface area contributed by atoms with Gasteiger partial charge in [0.2, 0.25) is 0 Å². The van der Waals surface area contributed by atoms with Crippen LogP contribution in [0, 0.1) is 0 Å². The number of tetrazole rings is 1. The SMILES string of the molecule is CNC(C)c1nnnn1CCC(C)S(C)=O. The van der Waals surface area contributed by atoms with Crippen molar-refractivity contribution in [1.29, 1.82) is 0 Å². The van der Waals surface area contributed by atoms with Gasteiger partial charge >= 0.3 is 0 Å². The minimum Gasteiger partial charge on any atom is -0.311 e. The molecule has 0 fully saturated rings. The van der Waals surface area contributed by atoms with Crippen LogP contribution in [0.25, 0.3) is 0 Å². The van der Waals surface area contributed by atoms with Crippen LogP contribution in [0.1, 0.15) is 32.1 Å². The van der Waals surface area contributed by atoms with Gasteiger partial charge in [0, 0.05) is 28.9 Å². The molecule has 1 N–H and O–H groups in total. The van der Waals surface area contributed by atoms with Crippen LogP contribution in [0.2, 0.25) is 0 Å². The lowest BCUT2D eigenvalue weighted by Crippen LogP contribution is -2.20. The van der Waals surface area contributed by atoms with Crippen molar-refractivity contribution >= 4 is 10.8 Å². The molecule has 1 aromatic heterocycles. The summed E-state index contributed by atoms with van der Waals surface area (Å²) in [6.45, 7) is 4.68. The van der Waals surface area contributed by atoms with Crippen LogP contribution in [0.3, 0.4) is 0 Å². The molecule has 1 heterocycles. The summed E-state index contributed by atoms with van der Waals surface area (Å²) in [7, 11) is 1.08. The maximum atomic E-state index is 11.2. The van der Waals surface area contributed by atoms with E-state index in [-0.39, 0.29) is 11.3 Å². The molecular weight excluding hydrogens is 226 g/mol. The third-order valence-corrected chi connectivity index (χ3v) is 4.06. The van der Waals surface area contributed by atoms with E-state index < -0.39 is 10.8 Å². The van der Waals surface area contributed by atoms with E-state index in [1.165, 1.54) is 0 Å². The lowest BCUT2D eigenvalue weighted by atomic mass is 10.3. The molecule has 0 aliphatic rings. The van der Waals surface area contributed by atoms with E-state index >= 15 is 0 Å². The second kappa shape index (κ2) is 6.05. The Kier molecular flexibility index (Phi) is 5.01. The maximum absolute atomic E-state index is 11.2. The van der Waals surface area contributed by atoms with Gasteiger partial charge < -0.3 is 5.32 Å². The van der Waals surface area contributed by atoms with Gasteiger partial charge in [-0.15, -0.1) is 5.10 Å². The van der Waals surface area contributed by atoms with Crippen molar-refractivity contribution in [2.24, 2.45) is 0 Å². The first-order valence-corrected chi connectivity index (χ1v) is 6.94. The summed E-state index contributed by atoms with van der Waals surface area (Å²) < 4.78 is 13.0. The topological polar surface area (TPSA) is 72.7 Å². The van der Waals surface area contributed by atoms with E-state index in [2.05, 4.69) is 20.8 Å². The van der Waals surface area contributed by atoms with Crippen LogP contribution in [-0.2, 0) is 17.3 Å². The van der Waals surface area contributed by atoms with Crippen LogP contribution in [0.4, 0.5) is 0 Å². The molecule has 0 amide bonds. The van der Waals surface area contributed by atoms with E-state index in [1.54, 1.807) is 10.9 Å². The molecule has 0 aromatic carbocycles. The Morgan fingerprint density at radius 1 is 1.50 bits per heavy atom. The number of hydrogen-bond acceptors (Lipinski definition) is 5. The molecule has 1 rings (SSSR count). The Morgan fingerprint density at radius 3 is 2.75 bits per heavy atom. The third kappa shape index (κ3) is 3.34. The van der Waals surface area contributed by atoms with Gasteiger partial charge in [-0.05, 0) is 30.8 Å². The zero-order valence-corrected chi connectivity index (χ0v) is 11.0.